The zero-order valence-corrected chi connectivity index (χ0v) is 41.8. The Hall–Kier alpha value is -3.31. The Morgan fingerprint density at radius 2 is 1.65 bits per heavy atom. The third kappa shape index (κ3) is 20.0. The van der Waals surface area contributed by atoms with Gasteiger partial charge in [-0.3, -0.25) is 9.79 Å². The second-order valence-corrected chi connectivity index (χ2v) is 18.9. The molecule has 1 aliphatic heterocycles. The molecular formula is C55H92FN3O. The lowest BCUT2D eigenvalue weighted by molar-refractivity contribution is -0.129. The molecule has 1 heterocycles. The van der Waals surface area contributed by atoms with Crippen molar-refractivity contribution in [3.63, 3.8) is 0 Å². The van der Waals surface area contributed by atoms with Gasteiger partial charge in [0, 0.05) is 17.8 Å². The van der Waals surface area contributed by atoms with E-state index in [0.717, 1.165) is 95.8 Å². The normalized spacial score (nSPS) is 19.0. The number of nitrogens with zero attached hydrogens (tertiary/aromatic N) is 1. The zero-order chi connectivity index (χ0) is 46.1. The van der Waals surface area contributed by atoms with E-state index in [-0.39, 0.29) is 5.92 Å². The number of carbonyl (C=O) groups excluding carboxylic acids is 1. The lowest BCUT2D eigenvalue weighted by Crippen LogP contribution is -2.48. The predicted molar refractivity (Wildman–Crippen MR) is 266 cm³/mol. The summed E-state index contributed by atoms with van der Waals surface area (Å²) in [6, 6.07) is 6.35. The van der Waals surface area contributed by atoms with Crippen LogP contribution in [0.5, 0.6) is 0 Å². The van der Waals surface area contributed by atoms with Gasteiger partial charge >= 0.3 is 0 Å². The summed E-state index contributed by atoms with van der Waals surface area (Å²) in [6.07, 6.45) is 21.6. The first-order valence-electron chi connectivity index (χ1n) is 23.6. The first kappa shape index (κ1) is 56.7. The molecule has 2 aliphatic rings. The highest BCUT2D eigenvalue weighted by atomic mass is 19.1. The molecule has 4 nitrogen and oxygen atoms in total. The van der Waals surface area contributed by atoms with E-state index in [1.54, 1.807) is 12.2 Å². The third-order valence-corrected chi connectivity index (χ3v) is 11.9. The molecule has 1 aromatic rings. The van der Waals surface area contributed by atoms with Crippen molar-refractivity contribution in [2.45, 2.75) is 187 Å². The van der Waals surface area contributed by atoms with E-state index in [1.165, 1.54) is 51.0 Å². The number of aliphatic imine (C=N–C) groups is 1. The van der Waals surface area contributed by atoms with E-state index in [4.69, 9.17) is 4.99 Å². The number of hydrogen-bond acceptors (Lipinski definition) is 4. The van der Waals surface area contributed by atoms with Gasteiger partial charge in [0.15, 0.2) is 0 Å². The van der Waals surface area contributed by atoms with Crippen LogP contribution in [0.2, 0.25) is 0 Å². The Labute approximate surface area is 371 Å². The number of nitrogens with one attached hydrogen (secondary N) is 2. The van der Waals surface area contributed by atoms with Gasteiger partial charge in [-0.1, -0.05) is 146 Å². The number of allylic oxidation sites excluding steroid dienone is 8. The average molecular weight is 830 g/mol. The number of Topliss-reactive ketones (excluding diaryl/α,β-unsaturated/α-hetero) is 1. The Bertz CT molecular complexity index is 1590. The van der Waals surface area contributed by atoms with Crippen LogP contribution >= 0.6 is 0 Å². The van der Waals surface area contributed by atoms with Crippen LogP contribution in [0.3, 0.4) is 0 Å². The zero-order valence-electron chi connectivity index (χ0n) is 41.8. The van der Waals surface area contributed by atoms with Crippen molar-refractivity contribution in [1.29, 1.82) is 0 Å². The molecule has 1 saturated carbocycles. The summed E-state index contributed by atoms with van der Waals surface area (Å²) in [7, 11) is 0. The van der Waals surface area contributed by atoms with Crippen LogP contribution in [0.15, 0.2) is 89.1 Å². The van der Waals surface area contributed by atoms with Gasteiger partial charge < -0.3 is 10.6 Å². The number of rotatable bonds is 18. The lowest BCUT2D eigenvalue weighted by Gasteiger charge is -2.39. The molecule has 2 fully saturated rings. The number of ketones is 1. The summed E-state index contributed by atoms with van der Waals surface area (Å²) in [6.45, 7) is 43.9. The first-order valence-corrected chi connectivity index (χ1v) is 23.6. The molecule has 3 rings (SSSR count). The molecule has 0 amide bonds. The molecule has 1 saturated heterocycles. The van der Waals surface area contributed by atoms with Crippen LogP contribution in [0, 0.1) is 36.0 Å². The van der Waals surface area contributed by atoms with Crippen molar-refractivity contribution in [3.8, 4) is 0 Å². The summed E-state index contributed by atoms with van der Waals surface area (Å²) in [5.41, 5.74) is 6.94. The molecule has 1 unspecified atom stereocenters. The number of piperidine rings is 1. The average Bonchev–Trinajstić information content (AvgIpc) is 3.20. The van der Waals surface area contributed by atoms with Crippen molar-refractivity contribution >= 4 is 17.6 Å². The number of aryl methyl sites for hydroxylation is 1. The fourth-order valence-electron chi connectivity index (χ4n) is 7.75. The van der Waals surface area contributed by atoms with Gasteiger partial charge in [0.25, 0.3) is 0 Å². The van der Waals surface area contributed by atoms with Gasteiger partial charge in [-0.25, -0.2) is 4.39 Å². The Morgan fingerprint density at radius 3 is 2.08 bits per heavy atom. The summed E-state index contributed by atoms with van der Waals surface area (Å²) < 4.78 is 14.3. The van der Waals surface area contributed by atoms with E-state index in [9.17, 15) is 9.18 Å². The summed E-state index contributed by atoms with van der Waals surface area (Å²) in [4.78, 5) is 18.4. The molecule has 60 heavy (non-hydrogen) atoms. The maximum atomic E-state index is 14.3. The monoisotopic (exact) mass is 830 g/mol. The number of benzene rings is 1. The van der Waals surface area contributed by atoms with E-state index < -0.39 is 11.2 Å². The highest BCUT2D eigenvalue weighted by molar-refractivity contribution is 5.92. The third-order valence-electron chi connectivity index (χ3n) is 11.9. The molecule has 5 heteroatoms. The molecule has 2 N–H and O–H groups in total. The van der Waals surface area contributed by atoms with Crippen LogP contribution in [0.25, 0.3) is 5.57 Å². The molecule has 1 aromatic carbocycles. The van der Waals surface area contributed by atoms with E-state index in [0.29, 0.717) is 16.9 Å². The molecule has 0 bridgehead atoms. The molecule has 0 radical (unpaired) electrons. The van der Waals surface area contributed by atoms with Gasteiger partial charge in [-0.15, -0.1) is 0 Å². The van der Waals surface area contributed by atoms with Gasteiger partial charge in [-0.05, 0) is 155 Å². The number of carbonyl (C=O) groups is 1. The molecular weight excluding hydrogens is 738 g/mol. The lowest BCUT2D eigenvalue weighted by atomic mass is 9.65. The maximum Gasteiger partial charge on any atom is 0.146 e. The molecule has 340 valence electrons. The van der Waals surface area contributed by atoms with Gasteiger partial charge in [0.05, 0.1) is 16.8 Å². The Kier molecular flexibility index (Phi) is 28.2. The second kappa shape index (κ2) is 29.9. The van der Waals surface area contributed by atoms with Crippen molar-refractivity contribution < 1.29 is 9.18 Å². The van der Waals surface area contributed by atoms with Crippen molar-refractivity contribution in [3.05, 3.63) is 101 Å². The van der Waals surface area contributed by atoms with Crippen molar-refractivity contribution in [2.75, 3.05) is 13.1 Å². The fraction of sp³-hybridized carbons (Fsp3) is 0.636. The van der Waals surface area contributed by atoms with E-state index in [1.807, 2.05) is 40.0 Å². The Balaban J connectivity index is 0.00000141. The largest absolute Gasteiger partial charge is 0.356 e. The highest BCUT2D eigenvalue weighted by Crippen LogP contribution is 2.40. The van der Waals surface area contributed by atoms with Crippen LogP contribution in [0.1, 0.15) is 191 Å². The Morgan fingerprint density at radius 1 is 1.05 bits per heavy atom. The molecule has 1 atom stereocenters. The minimum Gasteiger partial charge on any atom is -0.356 e. The fourth-order valence-corrected chi connectivity index (χ4v) is 7.75. The summed E-state index contributed by atoms with van der Waals surface area (Å²) in [5.74, 6) is 2.95. The summed E-state index contributed by atoms with van der Waals surface area (Å²) >= 11 is 0. The molecule has 1 aliphatic carbocycles. The topological polar surface area (TPSA) is 53.5 Å². The molecule has 0 aromatic heterocycles. The summed E-state index contributed by atoms with van der Waals surface area (Å²) in [5, 5.41) is 6.59. The van der Waals surface area contributed by atoms with Gasteiger partial charge in [0.1, 0.15) is 11.6 Å². The quantitative estimate of drug-likeness (QED) is 0.114. The van der Waals surface area contributed by atoms with Gasteiger partial charge in [0.2, 0.25) is 0 Å². The van der Waals surface area contributed by atoms with Crippen molar-refractivity contribution in [2.24, 2.45) is 34.1 Å². The van der Waals surface area contributed by atoms with Crippen LogP contribution in [0.4, 0.5) is 4.39 Å². The number of hydrogen-bond donors (Lipinski definition) is 2. The minimum atomic E-state index is -0.446. The standard InChI is InChI=1S/C35H48FN3O.C8H16.C8H18.C4H10/c1-10-14-32(31(36)13-4)39-28(9)27(8)33(38-19-11-2)23-25(6)29-15-16-30(26(7)22-29)35(17-20-37-21-18-35)34(40)24(5)12-3;1-3-4-8-5-7(2)6-8;1-5-7-8(3,4)6-2;1-4(2)3/h10,13-16,19,22-24,37,39H,4,6,11-12,17-18,20-21H2,1-3,5,7-9H3;7-8H,3-6H2,1-2H3;5-7H2,1-4H3;4H,1-3H3/b14-10-,28-27+,32-31-,33-23+,38-19?;;;. The van der Waals surface area contributed by atoms with Crippen molar-refractivity contribution in [1.82, 2.24) is 10.6 Å². The SMILES string of the molecule is C=C/C(F)=C(\C=C/C)N/C(C)=C(C)/C(=C\C(=C)c1ccc(C2(C(=O)C(C)CC)CCNCC2)c(C)c1)N=CCC.CC(C)C.CCCC(C)(C)CC.CCCC1CC(C)C1. The van der Waals surface area contributed by atoms with Crippen LogP contribution in [-0.4, -0.2) is 25.1 Å². The van der Waals surface area contributed by atoms with E-state index >= 15 is 0 Å². The maximum absolute atomic E-state index is 14.3. The number of halogens is 1. The smallest absolute Gasteiger partial charge is 0.146 e. The second-order valence-electron chi connectivity index (χ2n) is 18.9. The van der Waals surface area contributed by atoms with Crippen LogP contribution < -0.4 is 10.6 Å². The van der Waals surface area contributed by atoms with Crippen LogP contribution in [-0.2, 0) is 10.2 Å². The van der Waals surface area contributed by atoms with E-state index in [2.05, 4.69) is 125 Å². The molecule has 0 spiro atoms. The minimum absolute atomic E-state index is 0.0313. The highest BCUT2D eigenvalue weighted by Gasteiger charge is 2.43. The first-order chi connectivity index (χ1) is 28.2. The van der Waals surface area contributed by atoms with Gasteiger partial charge in [-0.2, -0.15) is 0 Å². The predicted octanol–water partition coefficient (Wildman–Crippen LogP) is 16.2.